The molecule has 19 heavy (non-hydrogen) atoms. The van der Waals surface area contributed by atoms with Crippen molar-refractivity contribution in [1.82, 2.24) is 5.32 Å². The zero-order chi connectivity index (χ0) is 13.9. The van der Waals surface area contributed by atoms with Gasteiger partial charge in [-0.2, -0.15) is 0 Å². The van der Waals surface area contributed by atoms with E-state index in [1.807, 2.05) is 18.2 Å². The van der Waals surface area contributed by atoms with Crippen LogP contribution in [0.5, 0.6) is 0 Å². The lowest BCUT2D eigenvalue weighted by molar-refractivity contribution is 0.135. The van der Waals surface area contributed by atoms with Crippen molar-refractivity contribution in [1.29, 1.82) is 0 Å². The molecule has 0 heterocycles. The number of halogens is 1. The molecule has 1 fully saturated rings. The van der Waals surface area contributed by atoms with Gasteiger partial charge in [0, 0.05) is 16.5 Å². The molecule has 1 aliphatic rings. The fraction of sp³-hybridized carbons (Fsp3) is 0.500. The average molecular weight is 280 g/mol. The second-order valence-corrected chi connectivity index (χ2v) is 6.25. The molecule has 0 saturated heterocycles. The number of nitrogens with one attached hydrogen (secondary N) is 1. The summed E-state index contributed by atoms with van der Waals surface area (Å²) in [6.07, 6.45) is 3.46. The summed E-state index contributed by atoms with van der Waals surface area (Å²) in [7, 11) is 0. The minimum atomic E-state index is 0.284. The number of hydrogen-bond donors (Lipinski definition) is 1. The molecule has 1 saturated carbocycles. The zero-order valence-corrected chi connectivity index (χ0v) is 12.5. The molecule has 104 valence electrons. The van der Waals surface area contributed by atoms with E-state index >= 15 is 0 Å². The summed E-state index contributed by atoms with van der Waals surface area (Å²) in [4.78, 5) is 0. The maximum atomic E-state index is 6.02. The maximum absolute atomic E-state index is 6.02. The van der Waals surface area contributed by atoms with Crippen LogP contribution in [0, 0.1) is 5.41 Å². The lowest BCUT2D eigenvalue weighted by Gasteiger charge is -2.19. The van der Waals surface area contributed by atoms with Gasteiger partial charge in [-0.1, -0.05) is 23.7 Å². The molecule has 0 unspecified atom stereocenters. The summed E-state index contributed by atoms with van der Waals surface area (Å²) in [5.41, 5.74) is 1.57. The van der Waals surface area contributed by atoms with Crippen molar-refractivity contribution in [2.24, 2.45) is 5.41 Å². The number of hydrogen-bond acceptors (Lipinski definition) is 2. The molecule has 1 aromatic carbocycles. The lowest BCUT2D eigenvalue weighted by atomic mass is 9.97. The first-order valence-electron chi connectivity index (χ1n) is 6.82. The van der Waals surface area contributed by atoms with Gasteiger partial charge in [-0.3, -0.25) is 0 Å². The van der Waals surface area contributed by atoms with E-state index in [0.29, 0.717) is 11.9 Å². The second kappa shape index (κ2) is 5.87. The Kier molecular flexibility index (Phi) is 4.41. The molecule has 2 rings (SSSR count). The summed E-state index contributed by atoms with van der Waals surface area (Å²) in [6.45, 7) is 8.78. The third-order valence-electron chi connectivity index (χ3n) is 3.43. The van der Waals surface area contributed by atoms with Crippen LogP contribution in [0.3, 0.4) is 0 Å². The van der Waals surface area contributed by atoms with E-state index in [2.05, 4.69) is 31.8 Å². The first-order chi connectivity index (χ1) is 8.99. The zero-order valence-electron chi connectivity index (χ0n) is 11.7. The number of rotatable bonds is 7. The van der Waals surface area contributed by atoms with Crippen LogP contribution in [0.4, 0.5) is 0 Å². The minimum Gasteiger partial charge on any atom is -0.479 e. The first kappa shape index (κ1) is 14.3. The molecule has 0 atom stereocenters. The van der Waals surface area contributed by atoms with Crippen LogP contribution in [-0.4, -0.2) is 12.6 Å². The van der Waals surface area contributed by atoms with Gasteiger partial charge in [0.25, 0.3) is 0 Å². The quantitative estimate of drug-likeness (QED) is 0.757. The van der Waals surface area contributed by atoms with Crippen LogP contribution in [0.25, 0.3) is 0 Å². The molecular formula is C16H22ClNO. The van der Waals surface area contributed by atoms with E-state index in [4.69, 9.17) is 16.3 Å². The molecule has 1 aromatic rings. The van der Waals surface area contributed by atoms with Crippen molar-refractivity contribution in [3.63, 3.8) is 0 Å². The second-order valence-electron chi connectivity index (χ2n) is 5.82. The van der Waals surface area contributed by atoms with Crippen molar-refractivity contribution in [2.45, 2.75) is 39.2 Å². The highest BCUT2D eigenvalue weighted by Crippen LogP contribution is 2.48. The Hall–Kier alpha value is -1.15. The summed E-state index contributed by atoms with van der Waals surface area (Å²) >= 11 is 6.02. The van der Waals surface area contributed by atoms with E-state index in [9.17, 15) is 0 Å². The Morgan fingerprint density at radius 1 is 1.47 bits per heavy atom. The highest BCUT2D eigenvalue weighted by molar-refractivity contribution is 6.30. The van der Waals surface area contributed by atoms with Crippen molar-refractivity contribution < 1.29 is 4.74 Å². The van der Waals surface area contributed by atoms with E-state index in [1.165, 1.54) is 18.4 Å². The lowest BCUT2D eigenvalue weighted by Crippen LogP contribution is -2.25. The smallest absolute Gasteiger partial charge is 0.179 e. The van der Waals surface area contributed by atoms with Gasteiger partial charge >= 0.3 is 0 Å². The van der Waals surface area contributed by atoms with Gasteiger partial charge in [0.2, 0.25) is 0 Å². The van der Waals surface area contributed by atoms with Crippen molar-refractivity contribution >= 4 is 11.6 Å². The van der Waals surface area contributed by atoms with Gasteiger partial charge in [0.15, 0.2) is 5.88 Å². The molecule has 0 aromatic heterocycles. The third kappa shape index (κ3) is 4.46. The predicted molar refractivity (Wildman–Crippen MR) is 80.2 cm³/mol. The summed E-state index contributed by atoms with van der Waals surface area (Å²) < 4.78 is 5.74. The molecule has 1 aliphatic carbocycles. The fourth-order valence-corrected chi connectivity index (χ4v) is 2.45. The van der Waals surface area contributed by atoms with E-state index in [-0.39, 0.29) is 5.41 Å². The van der Waals surface area contributed by atoms with Crippen molar-refractivity contribution in [2.75, 3.05) is 6.61 Å². The third-order valence-corrected chi connectivity index (χ3v) is 3.66. The van der Waals surface area contributed by atoms with Gasteiger partial charge in [-0.25, -0.2) is 0 Å². The maximum Gasteiger partial charge on any atom is 0.179 e. The monoisotopic (exact) mass is 279 g/mol. The number of benzene rings is 1. The SMILES string of the molecule is C=C(NC(C)C)OCC1(Cc2cccc(Cl)c2)CC1. The molecule has 0 radical (unpaired) electrons. The van der Waals surface area contributed by atoms with Gasteiger partial charge in [-0.05, 0) is 57.4 Å². The molecule has 0 aliphatic heterocycles. The summed E-state index contributed by atoms with van der Waals surface area (Å²) in [5, 5.41) is 3.98. The Morgan fingerprint density at radius 3 is 2.79 bits per heavy atom. The molecule has 2 nitrogen and oxygen atoms in total. The van der Waals surface area contributed by atoms with Crippen LogP contribution < -0.4 is 5.32 Å². The van der Waals surface area contributed by atoms with Gasteiger partial charge in [0.1, 0.15) is 0 Å². The van der Waals surface area contributed by atoms with E-state index in [0.717, 1.165) is 18.1 Å². The highest BCUT2D eigenvalue weighted by Gasteiger charge is 2.43. The average Bonchev–Trinajstić information content (AvgIpc) is 3.06. The Labute approximate surface area is 120 Å². The van der Waals surface area contributed by atoms with E-state index < -0.39 is 0 Å². The van der Waals surface area contributed by atoms with Crippen LogP contribution in [0.15, 0.2) is 36.7 Å². The van der Waals surface area contributed by atoms with E-state index in [1.54, 1.807) is 0 Å². The predicted octanol–water partition coefficient (Wildman–Crippen LogP) is 4.15. The first-order valence-corrected chi connectivity index (χ1v) is 7.20. The normalized spacial score (nSPS) is 16.2. The van der Waals surface area contributed by atoms with Gasteiger partial charge in [0.05, 0.1) is 6.61 Å². The minimum absolute atomic E-state index is 0.284. The van der Waals surface area contributed by atoms with Gasteiger partial charge in [-0.15, -0.1) is 0 Å². The van der Waals surface area contributed by atoms with Crippen LogP contribution >= 0.6 is 11.6 Å². The van der Waals surface area contributed by atoms with Crippen molar-refractivity contribution in [3.05, 3.63) is 47.3 Å². The Morgan fingerprint density at radius 2 is 2.21 bits per heavy atom. The Bertz CT molecular complexity index is 452. The van der Waals surface area contributed by atoms with Crippen LogP contribution in [0.2, 0.25) is 5.02 Å². The number of ether oxygens (including phenoxy) is 1. The molecule has 0 bridgehead atoms. The fourth-order valence-electron chi connectivity index (χ4n) is 2.23. The largest absolute Gasteiger partial charge is 0.479 e. The standard InChI is InChI=1S/C16H22ClNO/c1-12(2)18-13(3)19-11-16(7-8-16)10-14-5-4-6-15(17)9-14/h4-6,9,12,18H,3,7-8,10-11H2,1-2H3. The molecule has 1 N–H and O–H groups in total. The van der Waals surface area contributed by atoms with Crippen LogP contribution in [0.1, 0.15) is 32.3 Å². The topological polar surface area (TPSA) is 21.3 Å². The van der Waals surface area contributed by atoms with Gasteiger partial charge < -0.3 is 10.1 Å². The Balaban J connectivity index is 1.85. The summed E-state index contributed by atoms with van der Waals surface area (Å²) in [6, 6.07) is 8.45. The molecule has 0 amide bonds. The van der Waals surface area contributed by atoms with Crippen molar-refractivity contribution in [3.8, 4) is 0 Å². The summed E-state index contributed by atoms with van der Waals surface area (Å²) in [5.74, 6) is 0.673. The molecular weight excluding hydrogens is 258 g/mol. The highest BCUT2D eigenvalue weighted by atomic mass is 35.5. The molecule has 3 heteroatoms. The molecule has 0 spiro atoms. The van der Waals surface area contributed by atoms with Crippen LogP contribution in [-0.2, 0) is 11.2 Å².